The van der Waals surface area contributed by atoms with Gasteiger partial charge in [0.2, 0.25) is 10.0 Å². The van der Waals surface area contributed by atoms with Crippen molar-refractivity contribution in [2.75, 3.05) is 20.2 Å². The maximum Gasteiger partial charge on any atom is 0.271 e. The lowest BCUT2D eigenvalue weighted by Gasteiger charge is -2.08. The number of methoxy groups -OCH3 is 1. The Morgan fingerprint density at radius 3 is 2.46 bits per heavy atom. The molecule has 128 valence electrons. The number of nitrogens with zero attached hydrogens (tertiary/aromatic N) is 1. The van der Waals surface area contributed by atoms with Gasteiger partial charge in [-0.05, 0) is 30.3 Å². The maximum absolute atomic E-state index is 12.1. The molecule has 0 saturated heterocycles. The molecule has 0 spiro atoms. The predicted molar refractivity (Wildman–Crippen MR) is 85.4 cm³/mol. The standard InChI is InChI=1S/C14H16N4O5S/c1-23-10-2-4-11(5-3-10)24(21,22)16-9-8-15-14(20)12-6-7-13(19)18-17-12/h2-7,16H,8-9H2,1H3,(H,15,20)(H,18,19). The number of H-pyrrole nitrogens is 1. The fraction of sp³-hybridized carbons (Fsp3) is 0.214. The van der Waals surface area contributed by atoms with E-state index < -0.39 is 21.5 Å². The molecule has 0 aliphatic rings. The van der Waals surface area contributed by atoms with Gasteiger partial charge in [0.15, 0.2) is 0 Å². The number of benzene rings is 1. The van der Waals surface area contributed by atoms with Gasteiger partial charge in [-0.3, -0.25) is 9.59 Å². The highest BCUT2D eigenvalue weighted by Crippen LogP contribution is 2.14. The SMILES string of the molecule is COc1ccc(S(=O)(=O)NCCNC(=O)c2ccc(=O)[nH]n2)cc1. The zero-order valence-corrected chi connectivity index (χ0v) is 13.6. The van der Waals surface area contributed by atoms with Gasteiger partial charge in [0.1, 0.15) is 11.4 Å². The summed E-state index contributed by atoms with van der Waals surface area (Å²) in [5.74, 6) is 0.0320. The monoisotopic (exact) mass is 352 g/mol. The van der Waals surface area contributed by atoms with Crippen molar-refractivity contribution >= 4 is 15.9 Å². The van der Waals surface area contributed by atoms with Crippen molar-refractivity contribution in [2.24, 2.45) is 0 Å². The highest BCUT2D eigenvalue weighted by Gasteiger charge is 2.13. The van der Waals surface area contributed by atoms with E-state index in [1.807, 2.05) is 0 Å². The summed E-state index contributed by atoms with van der Waals surface area (Å²) < 4.78 is 31.5. The number of hydrogen-bond donors (Lipinski definition) is 3. The molecular weight excluding hydrogens is 336 g/mol. The first-order chi connectivity index (χ1) is 11.4. The molecule has 1 amide bonds. The summed E-state index contributed by atoms with van der Waals surface area (Å²) >= 11 is 0. The predicted octanol–water partition coefficient (Wildman–Crippen LogP) is -0.513. The number of aromatic amines is 1. The third-order valence-electron chi connectivity index (χ3n) is 2.98. The maximum atomic E-state index is 12.1. The lowest BCUT2D eigenvalue weighted by Crippen LogP contribution is -2.35. The first-order valence-electron chi connectivity index (χ1n) is 6.90. The minimum absolute atomic E-state index is 0.00343. The van der Waals surface area contributed by atoms with Gasteiger partial charge < -0.3 is 10.1 Å². The van der Waals surface area contributed by atoms with Crippen LogP contribution in [0, 0.1) is 0 Å². The number of carbonyl (C=O) groups excluding carboxylic acids is 1. The highest BCUT2D eigenvalue weighted by molar-refractivity contribution is 7.89. The number of nitrogens with one attached hydrogen (secondary N) is 3. The molecule has 0 saturated carbocycles. The number of carbonyl (C=O) groups is 1. The molecule has 0 bridgehead atoms. The second kappa shape index (κ2) is 7.70. The summed E-state index contributed by atoms with van der Waals surface area (Å²) in [6.45, 7) is 0.0679. The summed E-state index contributed by atoms with van der Waals surface area (Å²) in [5.41, 5.74) is -0.383. The summed E-state index contributed by atoms with van der Waals surface area (Å²) in [6.07, 6.45) is 0. The quantitative estimate of drug-likeness (QED) is 0.575. The van der Waals surface area contributed by atoms with Gasteiger partial charge in [-0.25, -0.2) is 18.2 Å². The molecule has 2 rings (SSSR count). The molecule has 10 heteroatoms. The van der Waals surface area contributed by atoms with Crippen LogP contribution < -0.4 is 20.3 Å². The number of ether oxygens (including phenoxy) is 1. The Hall–Kier alpha value is -2.72. The Labute approximate surface area is 138 Å². The lowest BCUT2D eigenvalue weighted by molar-refractivity contribution is 0.0948. The minimum atomic E-state index is -3.67. The summed E-state index contributed by atoms with van der Waals surface area (Å²) in [4.78, 5) is 22.7. The average molecular weight is 352 g/mol. The zero-order chi connectivity index (χ0) is 17.6. The van der Waals surface area contributed by atoms with E-state index in [1.165, 1.54) is 43.5 Å². The molecular formula is C14H16N4O5S. The average Bonchev–Trinajstić information content (AvgIpc) is 2.59. The van der Waals surface area contributed by atoms with E-state index in [0.717, 1.165) is 0 Å². The van der Waals surface area contributed by atoms with Gasteiger partial charge in [-0.15, -0.1) is 0 Å². The molecule has 2 aromatic rings. The largest absolute Gasteiger partial charge is 0.497 e. The molecule has 24 heavy (non-hydrogen) atoms. The number of sulfonamides is 1. The van der Waals surface area contributed by atoms with Gasteiger partial charge in [-0.1, -0.05) is 0 Å². The van der Waals surface area contributed by atoms with Gasteiger partial charge in [0.25, 0.3) is 11.5 Å². The Balaban J connectivity index is 1.85. The van der Waals surface area contributed by atoms with Crippen molar-refractivity contribution in [2.45, 2.75) is 4.90 Å². The van der Waals surface area contributed by atoms with E-state index >= 15 is 0 Å². The number of rotatable bonds is 7. The Morgan fingerprint density at radius 1 is 1.17 bits per heavy atom. The van der Waals surface area contributed by atoms with E-state index in [0.29, 0.717) is 5.75 Å². The molecule has 9 nitrogen and oxygen atoms in total. The van der Waals surface area contributed by atoms with Crippen LogP contribution in [0.5, 0.6) is 5.75 Å². The fourth-order valence-electron chi connectivity index (χ4n) is 1.76. The number of hydrogen-bond acceptors (Lipinski definition) is 6. The Bertz CT molecular complexity index is 841. The summed E-state index contributed by atoms with van der Waals surface area (Å²) in [7, 11) is -2.19. The third kappa shape index (κ3) is 4.64. The molecule has 0 aliphatic carbocycles. The van der Waals surface area contributed by atoms with Crippen LogP contribution in [-0.2, 0) is 10.0 Å². The molecule has 0 radical (unpaired) electrons. The summed E-state index contributed by atoms with van der Waals surface area (Å²) in [5, 5.41) is 8.20. The molecule has 1 aromatic heterocycles. The molecule has 0 unspecified atom stereocenters. The van der Waals surface area contributed by atoms with E-state index in [9.17, 15) is 18.0 Å². The van der Waals surface area contributed by atoms with Gasteiger partial charge in [0, 0.05) is 19.2 Å². The minimum Gasteiger partial charge on any atom is -0.497 e. The van der Waals surface area contributed by atoms with Gasteiger partial charge in [0.05, 0.1) is 12.0 Å². The first-order valence-corrected chi connectivity index (χ1v) is 8.38. The van der Waals surface area contributed by atoms with Crippen LogP contribution in [-0.4, -0.2) is 44.7 Å². The molecule has 0 aliphatic heterocycles. The molecule has 3 N–H and O–H groups in total. The van der Waals surface area contributed by atoms with E-state index in [-0.39, 0.29) is 23.7 Å². The normalized spacial score (nSPS) is 11.0. The van der Waals surface area contributed by atoms with Crippen molar-refractivity contribution < 1.29 is 17.9 Å². The fourth-order valence-corrected chi connectivity index (χ4v) is 2.79. The molecule has 1 heterocycles. The summed E-state index contributed by atoms with van der Waals surface area (Å²) in [6, 6.07) is 8.37. The van der Waals surface area contributed by atoms with Crippen LogP contribution in [0.15, 0.2) is 46.1 Å². The van der Waals surface area contributed by atoms with Crippen LogP contribution in [0.3, 0.4) is 0 Å². The van der Waals surface area contributed by atoms with Crippen LogP contribution in [0.25, 0.3) is 0 Å². The van der Waals surface area contributed by atoms with Crippen molar-refractivity contribution in [1.82, 2.24) is 20.2 Å². The second-order valence-electron chi connectivity index (χ2n) is 4.64. The Morgan fingerprint density at radius 2 is 1.88 bits per heavy atom. The first kappa shape index (κ1) is 17.6. The third-order valence-corrected chi connectivity index (χ3v) is 4.46. The van der Waals surface area contributed by atoms with Crippen LogP contribution in [0.1, 0.15) is 10.5 Å². The van der Waals surface area contributed by atoms with Crippen LogP contribution in [0.4, 0.5) is 0 Å². The van der Waals surface area contributed by atoms with Crippen LogP contribution in [0.2, 0.25) is 0 Å². The molecule has 1 aromatic carbocycles. The van der Waals surface area contributed by atoms with E-state index in [4.69, 9.17) is 4.74 Å². The van der Waals surface area contributed by atoms with Gasteiger partial charge in [-0.2, -0.15) is 5.10 Å². The lowest BCUT2D eigenvalue weighted by atomic mass is 10.3. The smallest absolute Gasteiger partial charge is 0.271 e. The van der Waals surface area contributed by atoms with Crippen molar-refractivity contribution in [3.05, 3.63) is 52.4 Å². The molecule has 0 fully saturated rings. The van der Waals surface area contributed by atoms with Crippen molar-refractivity contribution in [1.29, 1.82) is 0 Å². The number of aromatic nitrogens is 2. The van der Waals surface area contributed by atoms with E-state index in [1.54, 1.807) is 0 Å². The number of amides is 1. The molecule has 0 atom stereocenters. The zero-order valence-electron chi connectivity index (χ0n) is 12.8. The highest BCUT2D eigenvalue weighted by atomic mass is 32.2. The Kier molecular flexibility index (Phi) is 5.66. The second-order valence-corrected chi connectivity index (χ2v) is 6.40. The van der Waals surface area contributed by atoms with Crippen LogP contribution >= 0.6 is 0 Å². The van der Waals surface area contributed by atoms with Crippen molar-refractivity contribution in [3.8, 4) is 5.75 Å². The van der Waals surface area contributed by atoms with Crippen molar-refractivity contribution in [3.63, 3.8) is 0 Å². The van der Waals surface area contributed by atoms with Gasteiger partial charge >= 0.3 is 0 Å². The van der Waals surface area contributed by atoms with E-state index in [2.05, 4.69) is 20.2 Å². The topological polar surface area (TPSA) is 130 Å².